The van der Waals surface area contributed by atoms with Crippen LogP contribution in [0.3, 0.4) is 0 Å². The summed E-state index contributed by atoms with van der Waals surface area (Å²) in [5.74, 6) is 1.52. The van der Waals surface area contributed by atoms with Gasteiger partial charge in [-0.3, -0.25) is 10.1 Å². The van der Waals surface area contributed by atoms with Crippen LogP contribution in [0.2, 0.25) is 0 Å². The van der Waals surface area contributed by atoms with E-state index in [0.29, 0.717) is 24.5 Å². The third kappa shape index (κ3) is 5.46. The van der Waals surface area contributed by atoms with Gasteiger partial charge in [0.1, 0.15) is 22.9 Å². The maximum absolute atomic E-state index is 12.0. The molecule has 0 spiro atoms. The van der Waals surface area contributed by atoms with E-state index in [1.165, 1.54) is 0 Å². The molecule has 3 aromatic rings. The fraction of sp³-hybridized carbons (Fsp3) is 0.217. The SMILES string of the molecule is CNc1cc(Br)cc(N(Cc2ccc(OC)cc2)Cc2ccc(OC)cc2)c1[N+](=O)[O-]. The zero-order valence-electron chi connectivity index (χ0n) is 17.6. The average Bonchev–Trinajstić information content (AvgIpc) is 2.78. The molecule has 0 atom stereocenters. The van der Waals surface area contributed by atoms with Gasteiger partial charge in [0.15, 0.2) is 0 Å². The second kappa shape index (κ2) is 10.2. The van der Waals surface area contributed by atoms with E-state index in [9.17, 15) is 10.1 Å². The summed E-state index contributed by atoms with van der Waals surface area (Å²) in [6.07, 6.45) is 0. The summed E-state index contributed by atoms with van der Waals surface area (Å²) in [7, 11) is 4.92. The Morgan fingerprint density at radius 3 is 1.81 bits per heavy atom. The molecular formula is C23H24BrN3O4. The van der Waals surface area contributed by atoms with Gasteiger partial charge in [-0.2, -0.15) is 0 Å². The van der Waals surface area contributed by atoms with Gasteiger partial charge in [-0.05, 0) is 47.5 Å². The van der Waals surface area contributed by atoms with Crippen LogP contribution in [0, 0.1) is 10.1 Å². The molecule has 0 aromatic heterocycles. The van der Waals surface area contributed by atoms with Crippen LogP contribution in [0.5, 0.6) is 11.5 Å². The van der Waals surface area contributed by atoms with Crippen molar-refractivity contribution in [3.8, 4) is 11.5 Å². The van der Waals surface area contributed by atoms with E-state index in [4.69, 9.17) is 9.47 Å². The van der Waals surface area contributed by atoms with Gasteiger partial charge in [-0.15, -0.1) is 0 Å². The maximum Gasteiger partial charge on any atom is 0.315 e. The molecule has 0 amide bonds. The minimum Gasteiger partial charge on any atom is -0.497 e. The maximum atomic E-state index is 12.0. The Hall–Kier alpha value is -3.26. The van der Waals surface area contributed by atoms with Crippen LogP contribution in [0.1, 0.15) is 11.1 Å². The highest BCUT2D eigenvalue weighted by Gasteiger charge is 2.25. The molecular weight excluding hydrogens is 462 g/mol. The molecule has 162 valence electrons. The number of anilines is 2. The number of rotatable bonds is 9. The first kappa shape index (κ1) is 22.4. The fourth-order valence-corrected chi connectivity index (χ4v) is 3.78. The normalized spacial score (nSPS) is 10.5. The Balaban J connectivity index is 2.05. The summed E-state index contributed by atoms with van der Waals surface area (Å²) in [5.41, 5.74) is 3.02. The third-order valence-corrected chi connectivity index (χ3v) is 5.37. The summed E-state index contributed by atoms with van der Waals surface area (Å²) in [6, 6.07) is 18.9. The van der Waals surface area contributed by atoms with E-state index in [2.05, 4.69) is 21.2 Å². The average molecular weight is 486 g/mol. The van der Waals surface area contributed by atoms with Crippen molar-refractivity contribution in [1.82, 2.24) is 0 Å². The van der Waals surface area contributed by atoms with Crippen LogP contribution in [0.15, 0.2) is 65.1 Å². The summed E-state index contributed by atoms with van der Waals surface area (Å²) >= 11 is 3.49. The molecule has 0 saturated heterocycles. The molecule has 8 heteroatoms. The Bertz CT molecular complexity index is 990. The standard InChI is InChI=1S/C23H24BrN3O4/c1-25-21-12-18(24)13-22(23(21)27(28)29)26(14-16-4-8-19(30-2)9-5-16)15-17-6-10-20(31-3)11-7-17/h4-13,25H,14-15H2,1-3H3. The molecule has 0 unspecified atom stereocenters. The molecule has 3 rings (SSSR count). The number of nitrogens with one attached hydrogen (secondary N) is 1. The molecule has 0 aliphatic carbocycles. The summed E-state index contributed by atoms with van der Waals surface area (Å²) in [6.45, 7) is 0.965. The van der Waals surface area contributed by atoms with Crippen molar-refractivity contribution in [2.24, 2.45) is 0 Å². The number of hydrogen-bond donors (Lipinski definition) is 1. The van der Waals surface area contributed by atoms with Gasteiger partial charge in [0, 0.05) is 24.6 Å². The van der Waals surface area contributed by atoms with Crippen LogP contribution in [-0.4, -0.2) is 26.2 Å². The first-order valence-corrected chi connectivity index (χ1v) is 10.4. The summed E-state index contributed by atoms with van der Waals surface area (Å²) in [4.78, 5) is 13.6. The second-order valence-electron chi connectivity index (χ2n) is 6.88. The molecule has 3 aromatic carbocycles. The highest BCUT2D eigenvalue weighted by molar-refractivity contribution is 9.10. The number of hydrogen-bond acceptors (Lipinski definition) is 6. The largest absolute Gasteiger partial charge is 0.497 e. The van der Waals surface area contributed by atoms with Crippen molar-refractivity contribution >= 4 is 33.0 Å². The molecule has 1 N–H and O–H groups in total. The van der Waals surface area contributed by atoms with E-state index in [1.54, 1.807) is 33.4 Å². The quantitative estimate of drug-likeness (QED) is 0.313. The number of ether oxygens (including phenoxy) is 2. The minimum absolute atomic E-state index is 0.0349. The van der Waals surface area contributed by atoms with Crippen molar-refractivity contribution < 1.29 is 14.4 Å². The number of nitrogens with zero attached hydrogens (tertiary/aromatic N) is 2. The van der Waals surface area contributed by atoms with Crippen LogP contribution >= 0.6 is 15.9 Å². The van der Waals surface area contributed by atoms with Gasteiger partial charge in [0.25, 0.3) is 0 Å². The predicted molar refractivity (Wildman–Crippen MR) is 126 cm³/mol. The van der Waals surface area contributed by atoms with Gasteiger partial charge in [-0.25, -0.2) is 0 Å². The zero-order chi connectivity index (χ0) is 22.4. The highest BCUT2D eigenvalue weighted by Crippen LogP contribution is 2.40. The van der Waals surface area contributed by atoms with Crippen LogP contribution in [-0.2, 0) is 13.1 Å². The fourth-order valence-electron chi connectivity index (χ4n) is 3.34. The molecule has 0 heterocycles. The third-order valence-electron chi connectivity index (χ3n) is 4.91. The van der Waals surface area contributed by atoms with Crippen molar-refractivity contribution in [1.29, 1.82) is 0 Å². The Labute approximate surface area is 189 Å². The van der Waals surface area contributed by atoms with Gasteiger partial charge in [0.05, 0.1) is 19.1 Å². The molecule has 0 bridgehead atoms. The van der Waals surface area contributed by atoms with E-state index in [1.807, 2.05) is 53.4 Å². The second-order valence-corrected chi connectivity index (χ2v) is 7.80. The van der Waals surface area contributed by atoms with Crippen LogP contribution in [0.4, 0.5) is 17.1 Å². The Kier molecular flexibility index (Phi) is 7.36. The lowest BCUT2D eigenvalue weighted by Gasteiger charge is -2.26. The van der Waals surface area contributed by atoms with Crippen molar-refractivity contribution in [2.75, 3.05) is 31.5 Å². The molecule has 0 radical (unpaired) electrons. The number of nitro benzene ring substituents is 1. The lowest BCUT2D eigenvalue weighted by atomic mass is 10.1. The number of methoxy groups -OCH3 is 2. The van der Waals surface area contributed by atoms with Gasteiger partial charge in [0.2, 0.25) is 0 Å². The smallest absolute Gasteiger partial charge is 0.315 e. The number of benzene rings is 3. The monoisotopic (exact) mass is 485 g/mol. The molecule has 0 saturated carbocycles. The number of nitro groups is 1. The Morgan fingerprint density at radius 1 is 0.935 bits per heavy atom. The highest BCUT2D eigenvalue weighted by atomic mass is 79.9. The van der Waals surface area contributed by atoms with Crippen molar-refractivity contribution in [2.45, 2.75) is 13.1 Å². The van der Waals surface area contributed by atoms with Crippen molar-refractivity contribution in [3.05, 3.63) is 86.4 Å². The lowest BCUT2D eigenvalue weighted by Crippen LogP contribution is -2.23. The first-order chi connectivity index (χ1) is 14.9. The van der Waals surface area contributed by atoms with Crippen LogP contribution in [0.25, 0.3) is 0 Å². The predicted octanol–water partition coefficient (Wildman–Crippen LogP) is 5.62. The van der Waals surface area contributed by atoms with Gasteiger partial charge < -0.3 is 19.7 Å². The van der Waals surface area contributed by atoms with E-state index < -0.39 is 0 Å². The van der Waals surface area contributed by atoms with E-state index >= 15 is 0 Å². The van der Waals surface area contributed by atoms with E-state index in [0.717, 1.165) is 27.1 Å². The summed E-state index contributed by atoms with van der Waals surface area (Å²) < 4.78 is 11.2. The molecule has 0 aliphatic rings. The van der Waals surface area contributed by atoms with E-state index in [-0.39, 0.29) is 10.6 Å². The summed E-state index contributed by atoms with van der Waals surface area (Å²) in [5, 5.41) is 14.9. The molecule has 7 nitrogen and oxygen atoms in total. The number of halogens is 1. The van der Waals surface area contributed by atoms with Crippen LogP contribution < -0.4 is 19.7 Å². The lowest BCUT2D eigenvalue weighted by molar-refractivity contribution is -0.383. The van der Waals surface area contributed by atoms with Gasteiger partial charge >= 0.3 is 5.69 Å². The van der Waals surface area contributed by atoms with Gasteiger partial charge in [-0.1, -0.05) is 40.2 Å². The van der Waals surface area contributed by atoms with Crippen molar-refractivity contribution in [3.63, 3.8) is 0 Å². The molecule has 31 heavy (non-hydrogen) atoms. The first-order valence-electron chi connectivity index (χ1n) is 9.61. The molecule has 0 fully saturated rings. The zero-order valence-corrected chi connectivity index (χ0v) is 19.2. The molecule has 0 aliphatic heterocycles. The topological polar surface area (TPSA) is 76.9 Å². The minimum atomic E-state index is -0.345. The Morgan fingerprint density at radius 2 is 1.42 bits per heavy atom.